The number of ether oxygens (including phenoxy) is 1. The fraction of sp³-hybridized carbons (Fsp3) is 0.111. The zero-order valence-corrected chi connectivity index (χ0v) is 22.1. The molecule has 4 aromatic rings. The molecule has 1 amide bonds. The third-order valence-electron chi connectivity index (χ3n) is 5.78. The first-order chi connectivity index (χ1) is 19.1. The lowest BCUT2D eigenvalue weighted by molar-refractivity contribution is 0.135. The number of hydrogen-bond donors (Lipinski definition) is 3. The van der Waals surface area contributed by atoms with Gasteiger partial charge in [-0.05, 0) is 29.3 Å². The van der Waals surface area contributed by atoms with E-state index in [4.69, 9.17) is 33.5 Å². The average Bonchev–Trinajstić information content (AvgIpc) is 3.26. The molecule has 2 aromatic heterocycles. The van der Waals surface area contributed by atoms with Gasteiger partial charge in [-0.15, -0.1) is 0 Å². The largest absolute Gasteiger partial charge is 0.452 e. The number of methoxy groups -OCH3 is 1. The minimum absolute atomic E-state index is 0.0597. The molecule has 0 aliphatic rings. The van der Waals surface area contributed by atoms with Crippen LogP contribution in [-0.4, -0.2) is 38.7 Å². The number of nitrogens with zero attached hydrogens (tertiary/aromatic N) is 5. The molecule has 40 heavy (non-hydrogen) atoms. The molecule has 0 unspecified atom stereocenters. The van der Waals surface area contributed by atoms with Gasteiger partial charge in [-0.3, -0.25) is 4.90 Å². The van der Waals surface area contributed by atoms with Gasteiger partial charge < -0.3 is 21.9 Å². The average molecular weight is 567 g/mol. The lowest BCUT2D eigenvalue weighted by Crippen LogP contribution is -2.39. The number of hydrogen-bond acceptors (Lipinski definition) is 7. The number of benzene rings is 2. The van der Waals surface area contributed by atoms with Crippen molar-refractivity contribution in [1.29, 1.82) is 0 Å². The van der Waals surface area contributed by atoms with Crippen LogP contribution in [0.2, 0.25) is 5.02 Å². The maximum atomic E-state index is 14.3. The van der Waals surface area contributed by atoms with Crippen LogP contribution in [0, 0.1) is 11.6 Å². The van der Waals surface area contributed by atoms with Gasteiger partial charge in [0.05, 0.1) is 31.1 Å². The van der Waals surface area contributed by atoms with Crippen LogP contribution in [0.4, 0.5) is 13.6 Å². The van der Waals surface area contributed by atoms with Crippen molar-refractivity contribution >= 4 is 40.4 Å². The highest BCUT2D eigenvalue weighted by Crippen LogP contribution is 2.24. The summed E-state index contributed by atoms with van der Waals surface area (Å²) in [6.45, 7) is 3.84. The molecule has 0 aliphatic carbocycles. The predicted octanol–water partition coefficient (Wildman–Crippen LogP) is 4.09. The second-order valence-electron chi connectivity index (χ2n) is 8.55. The van der Waals surface area contributed by atoms with Crippen molar-refractivity contribution in [2.75, 3.05) is 7.11 Å². The number of carbonyl (C=O) groups excluding carboxylic acids is 1. The molecule has 2 heterocycles. The first-order valence-electron chi connectivity index (χ1n) is 11.7. The molecule has 0 fully saturated rings. The Morgan fingerprint density at radius 1 is 1.15 bits per heavy atom. The molecule has 2 aromatic carbocycles. The molecule has 0 aliphatic heterocycles. The van der Waals surface area contributed by atoms with Gasteiger partial charge >= 0.3 is 6.09 Å². The number of aliphatic imine (C=N–C) groups is 1. The molecule has 0 atom stereocenters. The molecule has 206 valence electrons. The summed E-state index contributed by atoms with van der Waals surface area (Å²) in [5, 5.41) is 4.90. The van der Waals surface area contributed by atoms with Crippen molar-refractivity contribution in [3.05, 3.63) is 112 Å². The molecule has 0 saturated carbocycles. The Labute approximate surface area is 233 Å². The van der Waals surface area contributed by atoms with Crippen LogP contribution >= 0.6 is 11.6 Å². The van der Waals surface area contributed by atoms with Crippen LogP contribution in [-0.2, 0) is 17.7 Å². The molecular weight excluding hydrogens is 542 g/mol. The molecular formula is C27H25ClF2N8O2. The van der Waals surface area contributed by atoms with Crippen molar-refractivity contribution in [1.82, 2.24) is 19.7 Å². The number of amidine groups is 1. The topological polar surface area (TPSA) is 151 Å². The van der Waals surface area contributed by atoms with Crippen molar-refractivity contribution in [2.45, 2.75) is 13.0 Å². The minimum atomic E-state index is -0.824. The lowest BCUT2D eigenvalue weighted by Gasteiger charge is -2.24. The molecule has 0 radical (unpaired) electrons. The van der Waals surface area contributed by atoms with E-state index in [2.05, 4.69) is 21.7 Å². The Morgan fingerprint density at radius 2 is 1.90 bits per heavy atom. The summed E-state index contributed by atoms with van der Waals surface area (Å²) < 4.78 is 34.6. The number of nitrogens with two attached hydrogens (primary N) is 3. The molecule has 4 rings (SSSR count). The summed E-state index contributed by atoms with van der Waals surface area (Å²) in [4.78, 5) is 22.2. The van der Waals surface area contributed by atoms with Gasteiger partial charge in [-0.1, -0.05) is 48.5 Å². The normalized spacial score (nSPS) is 11.3. The molecule has 6 N–H and O–H groups in total. The number of amides is 1. The third kappa shape index (κ3) is 6.02. The Morgan fingerprint density at radius 3 is 2.58 bits per heavy atom. The quantitative estimate of drug-likeness (QED) is 0.214. The van der Waals surface area contributed by atoms with Gasteiger partial charge in [-0.2, -0.15) is 5.10 Å². The van der Waals surface area contributed by atoms with Crippen LogP contribution in [0.3, 0.4) is 0 Å². The smallest absolute Gasteiger partial charge is 0.414 e. The maximum Gasteiger partial charge on any atom is 0.414 e. The second-order valence-corrected chi connectivity index (χ2v) is 8.99. The third-order valence-corrected chi connectivity index (χ3v) is 6.01. The van der Waals surface area contributed by atoms with Gasteiger partial charge in [-0.25, -0.2) is 28.2 Å². The number of carbonyl (C=O) groups is 1. The first kappa shape index (κ1) is 28.0. The fourth-order valence-electron chi connectivity index (χ4n) is 4.02. The Kier molecular flexibility index (Phi) is 8.29. The van der Waals surface area contributed by atoms with Gasteiger partial charge in [0.15, 0.2) is 5.84 Å². The van der Waals surface area contributed by atoms with Crippen molar-refractivity contribution in [2.24, 2.45) is 22.2 Å². The number of pyridine rings is 1. The van der Waals surface area contributed by atoms with Crippen LogP contribution in [0.25, 0.3) is 16.9 Å². The molecule has 0 bridgehead atoms. The SMILES string of the molecule is C=C(N=C(N)C(=C(N)N)N(Cc1cccc(Cl)c1)C(=O)OC)n1nc(Cc2ccccc2F)c2ncc(F)cc21. The Balaban J connectivity index is 1.74. The number of fused-ring (bicyclic) bond motifs is 1. The van der Waals surface area contributed by atoms with E-state index in [0.29, 0.717) is 27.4 Å². The fourth-order valence-corrected chi connectivity index (χ4v) is 4.23. The van der Waals surface area contributed by atoms with Crippen molar-refractivity contribution in [3.8, 4) is 0 Å². The maximum absolute atomic E-state index is 14.3. The minimum Gasteiger partial charge on any atom is -0.452 e. The number of halogens is 3. The molecule has 0 saturated heterocycles. The van der Waals surface area contributed by atoms with E-state index in [1.54, 1.807) is 42.5 Å². The van der Waals surface area contributed by atoms with E-state index in [9.17, 15) is 13.6 Å². The van der Waals surface area contributed by atoms with Crippen LogP contribution in [0.15, 0.2) is 83.9 Å². The van der Waals surface area contributed by atoms with Gasteiger partial charge in [0.2, 0.25) is 0 Å². The predicted molar refractivity (Wildman–Crippen MR) is 148 cm³/mol. The van der Waals surface area contributed by atoms with Crippen LogP contribution in [0.5, 0.6) is 0 Å². The Bertz CT molecular complexity index is 1660. The number of aromatic nitrogens is 3. The monoisotopic (exact) mass is 566 g/mol. The summed E-state index contributed by atoms with van der Waals surface area (Å²) in [6.07, 6.45) is 0.271. The molecule has 10 nitrogen and oxygen atoms in total. The summed E-state index contributed by atoms with van der Waals surface area (Å²) in [7, 11) is 1.18. The Hall–Kier alpha value is -4.97. The molecule has 13 heteroatoms. The first-order valence-corrected chi connectivity index (χ1v) is 12.1. The zero-order valence-electron chi connectivity index (χ0n) is 21.3. The van der Waals surface area contributed by atoms with E-state index < -0.39 is 17.7 Å². The van der Waals surface area contributed by atoms with Gasteiger partial charge in [0, 0.05) is 17.5 Å². The summed E-state index contributed by atoms with van der Waals surface area (Å²) in [5.74, 6) is -1.79. The highest BCUT2D eigenvalue weighted by molar-refractivity contribution is 6.30. The summed E-state index contributed by atoms with van der Waals surface area (Å²) in [6, 6.07) is 14.1. The van der Waals surface area contributed by atoms with E-state index in [1.807, 2.05) is 0 Å². The second kappa shape index (κ2) is 11.8. The summed E-state index contributed by atoms with van der Waals surface area (Å²) in [5.41, 5.74) is 19.8. The standard InChI is InChI=1S/C27H25ClF2N8O2/c1-15(35-26(33)24(25(31)32)37(27(39)40-2)14-16-6-5-8-18(28)10-16)38-22-12-19(29)13-34-23(22)21(36-38)11-17-7-3-4-9-20(17)30/h3-10,12-13H,1,11,14,31-32H2,2H3,(H2,33,35). The highest BCUT2D eigenvalue weighted by Gasteiger charge is 2.25. The highest BCUT2D eigenvalue weighted by atomic mass is 35.5. The zero-order chi connectivity index (χ0) is 29.0. The van der Waals surface area contributed by atoms with E-state index in [1.165, 1.54) is 23.9 Å². The van der Waals surface area contributed by atoms with E-state index in [0.717, 1.165) is 11.1 Å². The summed E-state index contributed by atoms with van der Waals surface area (Å²) >= 11 is 6.09. The van der Waals surface area contributed by atoms with E-state index >= 15 is 0 Å². The van der Waals surface area contributed by atoms with Gasteiger partial charge in [0.25, 0.3) is 0 Å². The molecule has 0 spiro atoms. The van der Waals surface area contributed by atoms with Gasteiger partial charge in [0.1, 0.15) is 34.5 Å². The van der Waals surface area contributed by atoms with Crippen LogP contribution in [0.1, 0.15) is 16.8 Å². The van der Waals surface area contributed by atoms with Crippen molar-refractivity contribution in [3.63, 3.8) is 0 Å². The lowest BCUT2D eigenvalue weighted by atomic mass is 10.1. The van der Waals surface area contributed by atoms with Crippen LogP contribution < -0.4 is 17.2 Å². The number of rotatable bonds is 8. The van der Waals surface area contributed by atoms with Crippen molar-refractivity contribution < 1.29 is 18.3 Å². The van der Waals surface area contributed by atoms with E-state index in [-0.39, 0.29) is 41.7 Å².